The molecule has 0 bridgehead atoms. The Bertz CT molecular complexity index is 615. The fourth-order valence-electron chi connectivity index (χ4n) is 1.71. The normalized spacial score (nSPS) is 12.1. The molecule has 1 aromatic carbocycles. The summed E-state index contributed by atoms with van der Waals surface area (Å²) in [7, 11) is 0. The molecule has 2 rings (SSSR count). The number of anilines is 1. The standard InChI is InChI=1S/C12H11BrN2O3S/c1-7(12-9(13)4-5-19-12)14-10-3-2-8(16)6-11(10)15(17)18/h2-7,14,16H,1H3. The maximum absolute atomic E-state index is 11.0. The highest BCUT2D eigenvalue weighted by Gasteiger charge is 2.18. The zero-order valence-corrected chi connectivity index (χ0v) is 12.4. The number of nitrogens with one attached hydrogen (secondary N) is 1. The Morgan fingerprint density at radius 2 is 2.21 bits per heavy atom. The molecule has 2 N–H and O–H groups in total. The van der Waals surface area contributed by atoms with Gasteiger partial charge in [-0.3, -0.25) is 10.1 Å². The third kappa shape index (κ3) is 3.05. The molecule has 1 heterocycles. The van der Waals surface area contributed by atoms with E-state index in [0.29, 0.717) is 5.69 Å². The van der Waals surface area contributed by atoms with Crippen molar-refractivity contribution < 1.29 is 10.0 Å². The Hall–Kier alpha value is -1.60. The SMILES string of the molecule is CC(Nc1ccc(O)cc1[N+](=O)[O-])c1sccc1Br. The van der Waals surface area contributed by atoms with E-state index < -0.39 is 4.92 Å². The van der Waals surface area contributed by atoms with Crippen molar-refractivity contribution in [2.24, 2.45) is 0 Å². The first-order valence-electron chi connectivity index (χ1n) is 5.46. The minimum absolute atomic E-state index is 0.0717. The van der Waals surface area contributed by atoms with Crippen molar-refractivity contribution in [2.75, 3.05) is 5.32 Å². The molecule has 0 fully saturated rings. The predicted octanol–water partition coefficient (Wildman–Crippen LogP) is 4.30. The monoisotopic (exact) mass is 342 g/mol. The second-order valence-electron chi connectivity index (χ2n) is 3.96. The first-order chi connectivity index (χ1) is 8.99. The van der Waals surface area contributed by atoms with Crippen LogP contribution in [0.25, 0.3) is 0 Å². The number of nitro groups is 1. The molecular weight excluding hydrogens is 332 g/mol. The van der Waals surface area contributed by atoms with Crippen molar-refractivity contribution in [3.63, 3.8) is 0 Å². The second kappa shape index (κ2) is 5.58. The van der Waals surface area contributed by atoms with Gasteiger partial charge >= 0.3 is 0 Å². The molecule has 1 unspecified atom stereocenters. The fraction of sp³-hybridized carbons (Fsp3) is 0.167. The van der Waals surface area contributed by atoms with Gasteiger partial charge in [0.05, 0.1) is 17.0 Å². The van der Waals surface area contributed by atoms with Gasteiger partial charge in [-0.15, -0.1) is 11.3 Å². The van der Waals surface area contributed by atoms with E-state index in [2.05, 4.69) is 21.2 Å². The van der Waals surface area contributed by atoms with Crippen LogP contribution in [0.5, 0.6) is 5.75 Å². The van der Waals surface area contributed by atoms with Gasteiger partial charge in [0.2, 0.25) is 0 Å². The van der Waals surface area contributed by atoms with Gasteiger partial charge in [0.1, 0.15) is 11.4 Å². The summed E-state index contributed by atoms with van der Waals surface area (Å²) in [5, 5.41) is 25.3. The molecule has 0 saturated heterocycles. The van der Waals surface area contributed by atoms with Crippen molar-refractivity contribution >= 4 is 38.6 Å². The molecule has 0 amide bonds. The number of thiophene rings is 1. The lowest BCUT2D eigenvalue weighted by molar-refractivity contribution is -0.384. The second-order valence-corrected chi connectivity index (χ2v) is 5.76. The van der Waals surface area contributed by atoms with Gasteiger partial charge in [-0.05, 0) is 46.4 Å². The Morgan fingerprint density at radius 1 is 1.47 bits per heavy atom. The number of rotatable bonds is 4. The summed E-state index contributed by atoms with van der Waals surface area (Å²) in [4.78, 5) is 11.5. The van der Waals surface area contributed by atoms with E-state index in [-0.39, 0.29) is 17.5 Å². The van der Waals surface area contributed by atoms with E-state index in [9.17, 15) is 15.2 Å². The highest BCUT2D eigenvalue weighted by molar-refractivity contribution is 9.10. The average Bonchev–Trinajstić information content (AvgIpc) is 2.77. The number of phenolic OH excluding ortho intramolecular Hbond substituents is 1. The topological polar surface area (TPSA) is 75.4 Å². The zero-order valence-electron chi connectivity index (χ0n) is 9.96. The van der Waals surface area contributed by atoms with Crippen LogP contribution in [0.4, 0.5) is 11.4 Å². The number of nitro benzene ring substituents is 1. The number of nitrogens with zero attached hydrogens (tertiary/aromatic N) is 1. The molecule has 0 radical (unpaired) electrons. The molecule has 0 spiro atoms. The Balaban J connectivity index is 2.29. The van der Waals surface area contributed by atoms with Crippen molar-refractivity contribution in [1.82, 2.24) is 0 Å². The third-order valence-corrected chi connectivity index (χ3v) is 4.64. The fourth-order valence-corrected chi connectivity index (χ4v) is 3.43. The van der Waals surface area contributed by atoms with Crippen LogP contribution in [0.2, 0.25) is 0 Å². The van der Waals surface area contributed by atoms with Gasteiger partial charge in [0.25, 0.3) is 5.69 Å². The predicted molar refractivity (Wildman–Crippen MR) is 78.8 cm³/mol. The first-order valence-corrected chi connectivity index (χ1v) is 7.13. The Kier molecular flexibility index (Phi) is 4.06. The van der Waals surface area contributed by atoms with Crippen LogP contribution in [0, 0.1) is 10.1 Å². The zero-order chi connectivity index (χ0) is 14.0. The van der Waals surface area contributed by atoms with Gasteiger partial charge in [-0.25, -0.2) is 0 Å². The summed E-state index contributed by atoms with van der Waals surface area (Å²) < 4.78 is 0.971. The molecule has 2 aromatic rings. The maximum atomic E-state index is 11.0. The van der Waals surface area contributed by atoms with Gasteiger partial charge in [-0.2, -0.15) is 0 Å². The largest absolute Gasteiger partial charge is 0.508 e. The van der Waals surface area contributed by atoms with E-state index >= 15 is 0 Å². The van der Waals surface area contributed by atoms with E-state index in [1.54, 1.807) is 11.3 Å². The highest BCUT2D eigenvalue weighted by Crippen LogP contribution is 2.35. The molecule has 1 atom stereocenters. The van der Waals surface area contributed by atoms with Gasteiger partial charge in [0.15, 0.2) is 0 Å². The molecule has 7 heteroatoms. The first kappa shape index (κ1) is 13.8. The molecule has 19 heavy (non-hydrogen) atoms. The van der Waals surface area contributed by atoms with E-state index in [4.69, 9.17) is 0 Å². The lowest BCUT2D eigenvalue weighted by Crippen LogP contribution is -2.07. The van der Waals surface area contributed by atoms with Crippen molar-refractivity contribution in [2.45, 2.75) is 13.0 Å². The minimum atomic E-state index is -0.516. The van der Waals surface area contributed by atoms with Crippen LogP contribution < -0.4 is 5.32 Å². The van der Waals surface area contributed by atoms with Crippen LogP contribution in [0.1, 0.15) is 17.8 Å². The van der Waals surface area contributed by atoms with Gasteiger partial charge in [0, 0.05) is 9.35 Å². The van der Waals surface area contributed by atoms with Crippen LogP contribution in [0.15, 0.2) is 34.1 Å². The Morgan fingerprint density at radius 3 is 2.79 bits per heavy atom. The van der Waals surface area contributed by atoms with Crippen molar-refractivity contribution in [1.29, 1.82) is 0 Å². The molecule has 0 aliphatic rings. The smallest absolute Gasteiger partial charge is 0.296 e. The molecule has 0 aliphatic heterocycles. The molecule has 0 saturated carbocycles. The summed E-state index contributed by atoms with van der Waals surface area (Å²) >= 11 is 5.00. The summed E-state index contributed by atoms with van der Waals surface area (Å²) in [5.41, 5.74) is 0.245. The van der Waals surface area contributed by atoms with E-state index in [1.807, 2.05) is 18.4 Å². The van der Waals surface area contributed by atoms with Gasteiger partial charge < -0.3 is 10.4 Å². The molecule has 5 nitrogen and oxygen atoms in total. The molecule has 1 aromatic heterocycles. The Labute approximate surface area is 122 Å². The number of hydrogen-bond acceptors (Lipinski definition) is 5. The minimum Gasteiger partial charge on any atom is -0.508 e. The number of phenols is 1. The van der Waals surface area contributed by atoms with Crippen LogP contribution >= 0.6 is 27.3 Å². The number of halogens is 1. The summed E-state index contributed by atoms with van der Waals surface area (Å²) in [6.45, 7) is 1.92. The molecule has 0 aliphatic carbocycles. The summed E-state index contributed by atoms with van der Waals surface area (Å²) in [6.07, 6.45) is 0. The van der Waals surface area contributed by atoms with Crippen LogP contribution in [0.3, 0.4) is 0 Å². The third-order valence-electron chi connectivity index (χ3n) is 2.59. The molecule has 100 valence electrons. The van der Waals surface area contributed by atoms with Gasteiger partial charge in [-0.1, -0.05) is 0 Å². The average molecular weight is 343 g/mol. The van der Waals surface area contributed by atoms with Crippen LogP contribution in [-0.4, -0.2) is 10.0 Å². The number of hydrogen-bond donors (Lipinski definition) is 2. The lowest BCUT2D eigenvalue weighted by atomic mass is 10.2. The number of benzene rings is 1. The summed E-state index contributed by atoms with van der Waals surface area (Å²) in [6, 6.07) is 5.93. The molecular formula is C12H11BrN2O3S. The van der Waals surface area contributed by atoms with Crippen molar-refractivity contribution in [3.8, 4) is 5.75 Å². The summed E-state index contributed by atoms with van der Waals surface area (Å²) in [5.74, 6) is -0.123. The van der Waals surface area contributed by atoms with E-state index in [1.165, 1.54) is 12.1 Å². The van der Waals surface area contributed by atoms with Crippen molar-refractivity contribution in [3.05, 3.63) is 49.1 Å². The highest BCUT2D eigenvalue weighted by atomic mass is 79.9. The number of aromatic hydroxyl groups is 1. The van der Waals surface area contributed by atoms with E-state index in [0.717, 1.165) is 15.4 Å². The quantitative estimate of drug-likeness (QED) is 0.493. The maximum Gasteiger partial charge on any atom is 0.296 e. The lowest BCUT2D eigenvalue weighted by Gasteiger charge is -2.14. The van der Waals surface area contributed by atoms with Crippen LogP contribution in [-0.2, 0) is 0 Å².